The summed E-state index contributed by atoms with van der Waals surface area (Å²) in [6.07, 6.45) is 2.17. The summed E-state index contributed by atoms with van der Waals surface area (Å²) in [5.41, 5.74) is 0. The Bertz CT molecular complexity index is 631. The molecule has 1 aliphatic carbocycles. The van der Waals surface area contributed by atoms with Crippen molar-refractivity contribution in [2.24, 2.45) is 0 Å². The Balaban J connectivity index is 1.42. The molecule has 5 nitrogen and oxygen atoms in total. The number of carbonyl (C=O) groups excluding carboxylic acids is 2. The topological polar surface area (TPSA) is 52.7 Å². The standard InChI is InChI=1S/C18H24FN3O2S/c1-13(18(24)20-14-6-7-14)21-8-10-22(11-9-21)17(23)12-25-16-5-3-2-4-15(16)19/h2-5,13-14H,6-12H2,1H3,(H,20,24). The summed E-state index contributed by atoms with van der Waals surface area (Å²) < 4.78 is 13.6. The van der Waals surface area contributed by atoms with E-state index in [-0.39, 0.29) is 29.4 Å². The quantitative estimate of drug-likeness (QED) is 0.780. The fraction of sp³-hybridized carbons (Fsp3) is 0.556. The molecule has 7 heteroatoms. The predicted molar refractivity (Wildman–Crippen MR) is 95.9 cm³/mol. The van der Waals surface area contributed by atoms with Crippen molar-refractivity contribution in [2.75, 3.05) is 31.9 Å². The summed E-state index contributed by atoms with van der Waals surface area (Å²) in [4.78, 5) is 28.9. The SMILES string of the molecule is CC(C(=O)NC1CC1)N1CCN(C(=O)CSc2ccccc2F)CC1. The van der Waals surface area contributed by atoms with Gasteiger partial charge >= 0.3 is 0 Å². The van der Waals surface area contributed by atoms with Gasteiger partial charge in [0, 0.05) is 37.1 Å². The van der Waals surface area contributed by atoms with Crippen LogP contribution >= 0.6 is 11.8 Å². The van der Waals surface area contributed by atoms with Gasteiger partial charge in [-0.2, -0.15) is 0 Å². The fourth-order valence-corrected chi connectivity index (χ4v) is 3.71. The zero-order valence-corrected chi connectivity index (χ0v) is 15.2. The number of benzene rings is 1. The van der Waals surface area contributed by atoms with Crippen LogP contribution in [0.2, 0.25) is 0 Å². The van der Waals surface area contributed by atoms with Crippen LogP contribution in [-0.2, 0) is 9.59 Å². The molecule has 0 radical (unpaired) electrons. The number of piperazine rings is 1. The average Bonchev–Trinajstić information content (AvgIpc) is 3.44. The molecular weight excluding hydrogens is 341 g/mol. The van der Waals surface area contributed by atoms with Gasteiger partial charge in [-0.3, -0.25) is 14.5 Å². The maximum absolute atomic E-state index is 13.6. The summed E-state index contributed by atoms with van der Waals surface area (Å²) in [5, 5.41) is 3.03. The number of hydrogen-bond acceptors (Lipinski definition) is 4. The molecule has 0 aromatic heterocycles. The largest absolute Gasteiger partial charge is 0.352 e. The molecule has 1 saturated heterocycles. The first-order valence-corrected chi connectivity index (χ1v) is 9.72. The normalized spacial score (nSPS) is 19.5. The van der Waals surface area contributed by atoms with Crippen molar-refractivity contribution >= 4 is 23.6 Å². The Kier molecular flexibility index (Phi) is 5.96. The van der Waals surface area contributed by atoms with E-state index in [1.807, 2.05) is 6.92 Å². The van der Waals surface area contributed by atoms with Gasteiger partial charge in [-0.05, 0) is 31.9 Å². The van der Waals surface area contributed by atoms with E-state index in [0.717, 1.165) is 12.8 Å². The molecule has 1 aromatic rings. The first-order valence-electron chi connectivity index (χ1n) is 8.74. The van der Waals surface area contributed by atoms with E-state index in [1.165, 1.54) is 17.8 Å². The molecule has 1 N–H and O–H groups in total. The van der Waals surface area contributed by atoms with Gasteiger partial charge in [0.2, 0.25) is 11.8 Å². The minimum atomic E-state index is -0.291. The van der Waals surface area contributed by atoms with Crippen molar-refractivity contribution in [3.8, 4) is 0 Å². The highest BCUT2D eigenvalue weighted by Gasteiger charge is 2.30. The summed E-state index contributed by atoms with van der Waals surface area (Å²) in [5.74, 6) is 0.0412. The third-order valence-electron chi connectivity index (χ3n) is 4.71. The average molecular weight is 365 g/mol. The molecule has 1 aromatic carbocycles. The minimum absolute atomic E-state index is 0.0167. The lowest BCUT2D eigenvalue weighted by atomic mass is 10.2. The van der Waals surface area contributed by atoms with E-state index in [1.54, 1.807) is 23.1 Å². The summed E-state index contributed by atoms with van der Waals surface area (Å²) in [6.45, 7) is 4.52. The molecular formula is C18H24FN3O2S. The number of nitrogens with one attached hydrogen (secondary N) is 1. The maximum Gasteiger partial charge on any atom is 0.237 e. The molecule has 136 valence electrons. The maximum atomic E-state index is 13.6. The minimum Gasteiger partial charge on any atom is -0.352 e. The van der Waals surface area contributed by atoms with Gasteiger partial charge in [0.25, 0.3) is 0 Å². The van der Waals surface area contributed by atoms with Crippen LogP contribution in [0.25, 0.3) is 0 Å². The van der Waals surface area contributed by atoms with Crippen LogP contribution in [0.1, 0.15) is 19.8 Å². The van der Waals surface area contributed by atoms with E-state index < -0.39 is 0 Å². The lowest BCUT2D eigenvalue weighted by Gasteiger charge is -2.37. The third-order valence-corrected chi connectivity index (χ3v) is 5.74. The van der Waals surface area contributed by atoms with Crippen LogP contribution in [0.15, 0.2) is 29.2 Å². The second-order valence-corrected chi connectivity index (χ2v) is 7.61. The van der Waals surface area contributed by atoms with Crippen molar-refractivity contribution in [3.05, 3.63) is 30.1 Å². The van der Waals surface area contributed by atoms with Crippen LogP contribution in [0, 0.1) is 5.82 Å². The van der Waals surface area contributed by atoms with Crippen molar-refractivity contribution in [2.45, 2.75) is 36.7 Å². The Morgan fingerprint density at radius 1 is 1.24 bits per heavy atom. The smallest absolute Gasteiger partial charge is 0.237 e. The van der Waals surface area contributed by atoms with E-state index in [2.05, 4.69) is 10.2 Å². The van der Waals surface area contributed by atoms with Gasteiger partial charge in [-0.15, -0.1) is 11.8 Å². The van der Waals surface area contributed by atoms with E-state index in [9.17, 15) is 14.0 Å². The van der Waals surface area contributed by atoms with Crippen LogP contribution in [0.5, 0.6) is 0 Å². The monoisotopic (exact) mass is 365 g/mol. The second-order valence-electron chi connectivity index (χ2n) is 6.59. The number of nitrogens with zero attached hydrogens (tertiary/aromatic N) is 2. The van der Waals surface area contributed by atoms with Gasteiger partial charge in [0.05, 0.1) is 11.8 Å². The van der Waals surface area contributed by atoms with Crippen LogP contribution in [-0.4, -0.2) is 65.6 Å². The number of hydrogen-bond donors (Lipinski definition) is 1. The fourth-order valence-electron chi connectivity index (χ4n) is 2.87. The van der Waals surface area contributed by atoms with Crippen molar-refractivity contribution in [1.29, 1.82) is 0 Å². The van der Waals surface area contributed by atoms with Gasteiger partial charge in [0.15, 0.2) is 0 Å². The van der Waals surface area contributed by atoms with Gasteiger partial charge < -0.3 is 10.2 Å². The molecule has 1 heterocycles. The predicted octanol–water partition coefficient (Wildman–Crippen LogP) is 1.73. The van der Waals surface area contributed by atoms with Crippen LogP contribution in [0.3, 0.4) is 0 Å². The molecule has 0 bridgehead atoms. The van der Waals surface area contributed by atoms with Crippen LogP contribution < -0.4 is 5.32 Å². The number of rotatable bonds is 6. The Labute approximate surface area is 151 Å². The summed E-state index contributed by atoms with van der Waals surface area (Å²) >= 11 is 1.23. The summed E-state index contributed by atoms with van der Waals surface area (Å²) in [7, 11) is 0. The molecule has 2 aliphatic rings. The highest BCUT2D eigenvalue weighted by atomic mass is 32.2. The Morgan fingerprint density at radius 3 is 2.56 bits per heavy atom. The number of thioether (sulfide) groups is 1. The zero-order valence-electron chi connectivity index (χ0n) is 14.4. The van der Waals surface area contributed by atoms with Gasteiger partial charge in [-0.25, -0.2) is 4.39 Å². The van der Waals surface area contributed by atoms with E-state index in [4.69, 9.17) is 0 Å². The van der Waals surface area contributed by atoms with Crippen molar-refractivity contribution in [1.82, 2.24) is 15.1 Å². The van der Waals surface area contributed by atoms with Gasteiger partial charge in [-0.1, -0.05) is 12.1 Å². The molecule has 25 heavy (non-hydrogen) atoms. The second kappa shape index (κ2) is 8.19. The van der Waals surface area contributed by atoms with Crippen LogP contribution in [0.4, 0.5) is 4.39 Å². The first kappa shape index (κ1) is 18.2. The Hall–Kier alpha value is -1.60. The van der Waals surface area contributed by atoms with Crippen molar-refractivity contribution < 1.29 is 14.0 Å². The molecule has 1 atom stereocenters. The van der Waals surface area contributed by atoms with Gasteiger partial charge in [0.1, 0.15) is 5.82 Å². The zero-order chi connectivity index (χ0) is 17.8. The molecule has 2 amide bonds. The van der Waals surface area contributed by atoms with E-state index in [0.29, 0.717) is 37.1 Å². The molecule has 1 aliphatic heterocycles. The highest BCUT2D eigenvalue weighted by molar-refractivity contribution is 8.00. The number of halogens is 1. The Morgan fingerprint density at radius 2 is 1.92 bits per heavy atom. The lowest BCUT2D eigenvalue weighted by molar-refractivity contribution is -0.131. The molecule has 2 fully saturated rings. The highest BCUT2D eigenvalue weighted by Crippen LogP contribution is 2.22. The molecule has 3 rings (SSSR count). The lowest BCUT2D eigenvalue weighted by Crippen LogP contribution is -2.55. The molecule has 1 unspecified atom stereocenters. The molecule has 1 saturated carbocycles. The first-order chi connectivity index (χ1) is 12.0. The summed E-state index contributed by atoms with van der Waals surface area (Å²) in [6, 6.07) is 6.70. The van der Waals surface area contributed by atoms with Crippen molar-refractivity contribution in [3.63, 3.8) is 0 Å². The van der Waals surface area contributed by atoms with E-state index >= 15 is 0 Å². The number of amides is 2. The molecule has 0 spiro atoms. The third kappa shape index (κ3) is 4.95. The number of carbonyl (C=O) groups is 2.